The zero-order valence-corrected chi connectivity index (χ0v) is 13.9. The van der Waals surface area contributed by atoms with Crippen LogP contribution in [0.5, 0.6) is 0 Å². The Kier molecular flexibility index (Phi) is 3.69. The summed E-state index contributed by atoms with van der Waals surface area (Å²) in [6.45, 7) is 2.85. The van der Waals surface area contributed by atoms with Crippen LogP contribution in [0.4, 0.5) is 5.69 Å². The summed E-state index contributed by atoms with van der Waals surface area (Å²) in [7, 11) is 0. The molecule has 0 radical (unpaired) electrons. The summed E-state index contributed by atoms with van der Waals surface area (Å²) in [5, 5.41) is 0. The standard InChI is InChI=1S/C22H17NO2/c1-2-23-17(13-12-15-8-6-7-11-19(15)23)14-18-20(22(25)21(18)24)16-9-4-3-5-10-16/h3-14H,2H2,1H3/b17-14-. The smallest absolute Gasteiger partial charge is 0.234 e. The molecule has 1 heterocycles. The van der Waals surface area contributed by atoms with E-state index in [2.05, 4.69) is 24.0 Å². The van der Waals surface area contributed by atoms with E-state index in [0.717, 1.165) is 29.1 Å². The lowest BCUT2D eigenvalue weighted by Crippen LogP contribution is -2.36. The Bertz CT molecular complexity index is 1070. The third kappa shape index (κ3) is 2.45. The maximum Gasteiger partial charge on any atom is 0.234 e. The van der Waals surface area contributed by atoms with E-state index in [1.807, 2.05) is 60.7 Å². The van der Waals surface area contributed by atoms with Gasteiger partial charge in [-0.3, -0.25) is 9.59 Å². The number of anilines is 1. The maximum absolute atomic E-state index is 12.2. The van der Waals surface area contributed by atoms with E-state index in [1.54, 1.807) is 0 Å². The first-order valence-corrected chi connectivity index (χ1v) is 8.35. The van der Waals surface area contributed by atoms with Crippen molar-refractivity contribution in [2.45, 2.75) is 6.92 Å². The van der Waals surface area contributed by atoms with Crippen molar-refractivity contribution in [2.24, 2.45) is 0 Å². The first-order valence-electron chi connectivity index (χ1n) is 8.35. The Morgan fingerprint density at radius 3 is 2.36 bits per heavy atom. The van der Waals surface area contributed by atoms with E-state index in [0.29, 0.717) is 11.1 Å². The third-order valence-corrected chi connectivity index (χ3v) is 4.59. The molecule has 3 aromatic carbocycles. The van der Waals surface area contributed by atoms with Crippen molar-refractivity contribution in [3.8, 4) is 11.1 Å². The number of hydrogen-bond acceptors (Lipinski definition) is 3. The van der Waals surface area contributed by atoms with Crippen LogP contribution < -0.4 is 15.8 Å². The van der Waals surface area contributed by atoms with Gasteiger partial charge in [0.25, 0.3) is 0 Å². The van der Waals surface area contributed by atoms with Gasteiger partial charge in [0.05, 0.1) is 0 Å². The lowest BCUT2D eigenvalue weighted by molar-refractivity contribution is 0.977. The quantitative estimate of drug-likeness (QED) is 0.686. The van der Waals surface area contributed by atoms with Crippen LogP contribution in [0.2, 0.25) is 0 Å². The van der Waals surface area contributed by atoms with Gasteiger partial charge in [0.1, 0.15) is 0 Å². The largest absolute Gasteiger partial charge is 0.341 e. The van der Waals surface area contributed by atoms with Crippen molar-refractivity contribution >= 4 is 17.8 Å². The fourth-order valence-corrected chi connectivity index (χ4v) is 3.34. The molecule has 1 aliphatic rings. The molecule has 0 fully saturated rings. The molecule has 25 heavy (non-hydrogen) atoms. The molecule has 0 bridgehead atoms. The molecule has 3 heteroatoms. The molecule has 0 atom stereocenters. The molecule has 3 aromatic rings. The van der Waals surface area contributed by atoms with Gasteiger partial charge in [-0.1, -0.05) is 54.6 Å². The molecule has 0 amide bonds. The second-order valence-corrected chi connectivity index (χ2v) is 6.02. The highest BCUT2D eigenvalue weighted by Crippen LogP contribution is 2.32. The first-order chi connectivity index (χ1) is 12.2. The average molecular weight is 327 g/mol. The summed E-state index contributed by atoms with van der Waals surface area (Å²) in [6, 6.07) is 17.5. The fraction of sp³-hybridized carbons (Fsp3) is 0.0909. The second kappa shape index (κ2) is 6.02. The van der Waals surface area contributed by atoms with Crippen molar-refractivity contribution < 1.29 is 0 Å². The molecule has 0 unspecified atom stereocenters. The Labute approximate surface area is 145 Å². The Hall–Kier alpha value is -3.20. The lowest BCUT2D eigenvalue weighted by Gasteiger charge is -2.29. The molecular formula is C22H17NO2. The molecule has 4 rings (SSSR count). The Morgan fingerprint density at radius 2 is 1.60 bits per heavy atom. The summed E-state index contributed by atoms with van der Waals surface area (Å²) in [6.07, 6.45) is 5.88. The Morgan fingerprint density at radius 1 is 0.880 bits per heavy atom. The zero-order chi connectivity index (χ0) is 17.4. The molecule has 0 aromatic heterocycles. The van der Waals surface area contributed by atoms with Crippen molar-refractivity contribution in [1.82, 2.24) is 0 Å². The predicted octanol–water partition coefficient (Wildman–Crippen LogP) is 3.84. The minimum Gasteiger partial charge on any atom is -0.341 e. The number of likely N-dealkylation sites (N-methyl/N-ethyl adjacent to an activating group) is 1. The summed E-state index contributed by atoms with van der Waals surface area (Å²) in [5.41, 5.74) is 4.17. The van der Waals surface area contributed by atoms with Crippen LogP contribution in [0.25, 0.3) is 23.3 Å². The van der Waals surface area contributed by atoms with Gasteiger partial charge in [-0.05, 0) is 36.3 Å². The van der Waals surface area contributed by atoms with Crippen LogP contribution >= 0.6 is 0 Å². The molecule has 3 nitrogen and oxygen atoms in total. The maximum atomic E-state index is 12.2. The van der Waals surface area contributed by atoms with Crippen molar-refractivity contribution in [3.63, 3.8) is 0 Å². The molecule has 122 valence electrons. The number of benzene rings is 2. The van der Waals surface area contributed by atoms with Gasteiger partial charge < -0.3 is 4.90 Å². The lowest BCUT2D eigenvalue weighted by atomic mass is 9.92. The zero-order valence-electron chi connectivity index (χ0n) is 13.9. The van der Waals surface area contributed by atoms with E-state index < -0.39 is 10.9 Å². The average Bonchev–Trinajstić information content (AvgIpc) is 2.67. The summed E-state index contributed by atoms with van der Waals surface area (Å²) in [4.78, 5) is 26.4. The molecular weight excluding hydrogens is 310 g/mol. The highest BCUT2D eigenvalue weighted by atomic mass is 16.2. The van der Waals surface area contributed by atoms with Gasteiger partial charge in [0.15, 0.2) is 0 Å². The van der Waals surface area contributed by atoms with Crippen LogP contribution in [-0.2, 0) is 0 Å². The van der Waals surface area contributed by atoms with Crippen LogP contribution in [0.1, 0.15) is 18.1 Å². The number of hydrogen-bond donors (Lipinski definition) is 0. The number of fused-ring (bicyclic) bond motifs is 1. The summed E-state index contributed by atoms with van der Waals surface area (Å²) >= 11 is 0. The first kappa shape index (κ1) is 15.3. The minimum absolute atomic E-state index is 0.402. The van der Waals surface area contributed by atoms with Crippen LogP contribution in [-0.4, -0.2) is 6.54 Å². The molecule has 0 N–H and O–H groups in total. The van der Waals surface area contributed by atoms with E-state index in [4.69, 9.17) is 0 Å². The molecule has 1 aliphatic heterocycles. The third-order valence-electron chi connectivity index (χ3n) is 4.59. The molecule has 0 aliphatic carbocycles. The van der Waals surface area contributed by atoms with Crippen LogP contribution in [0, 0.1) is 0 Å². The fourth-order valence-electron chi connectivity index (χ4n) is 3.34. The van der Waals surface area contributed by atoms with Crippen molar-refractivity contribution in [1.29, 1.82) is 0 Å². The van der Waals surface area contributed by atoms with Gasteiger partial charge in [-0.2, -0.15) is 0 Å². The van der Waals surface area contributed by atoms with E-state index >= 15 is 0 Å². The van der Waals surface area contributed by atoms with Crippen molar-refractivity contribution in [3.05, 3.63) is 97.9 Å². The van der Waals surface area contributed by atoms with Crippen LogP contribution in [0.15, 0.2) is 76.0 Å². The molecule has 0 saturated carbocycles. The van der Waals surface area contributed by atoms with Gasteiger partial charge in [0.2, 0.25) is 10.9 Å². The van der Waals surface area contributed by atoms with Gasteiger partial charge in [0, 0.05) is 29.1 Å². The number of nitrogens with zero attached hydrogens (tertiary/aromatic N) is 1. The van der Waals surface area contributed by atoms with Crippen LogP contribution in [0.3, 0.4) is 0 Å². The minimum atomic E-state index is -0.408. The normalized spacial score (nSPS) is 14.9. The Balaban J connectivity index is 1.82. The number of para-hydroxylation sites is 1. The van der Waals surface area contributed by atoms with Crippen molar-refractivity contribution in [2.75, 3.05) is 11.4 Å². The topological polar surface area (TPSA) is 37.4 Å². The van der Waals surface area contributed by atoms with E-state index in [-0.39, 0.29) is 0 Å². The summed E-state index contributed by atoms with van der Waals surface area (Å²) in [5.74, 6) is 0. The highest BCUT2D eigenvalue weighted by Gasteiger charge is 2.23. The number of rotatable bonds is 3. The van der Waals surface area contributed by atoms with E-state index in [9.17, 15) is 9.59 Å². The highest BCUT2D eigenvalue weighted by molar-refractivity contribution is 5.84. The predicted molar refractivity (Wildman–Crippen MR) is 103 cm³/mol. The monoisotopic (exact) mass is 327 g/mol. The molecule has 0 saturated heterocycles. The van der Waals surface area contributed by atoms with Gasteiger partial charge >= 0.3 is 0 Å². The van der Waals surface area contributed by atoms with E-state index in [1.165, 1.54) is 0 Å². The SMILES string of the molecule is CCN1/C(=C\c2c(-c3ccccc3)c(=O)c2=O)C=Cc2ccccc21. The number of allylic oxidation sites excluding steroid dienone is 1. The summed E-state index contributed by atoms with van der Waals surface area (Å²) < 4.78 is 0. The molecule has 0 spiro atoms. The van der Waals surface area contributed by atoms with Gasteiger partial charge in [-0.15, -0.1) is 0 Å². The van der Waals surface area contributed by atoms with Gasteiger partial charge in [-0.25, -0.2) is 0 Å². The second-order valence-electron chi connectivity index (χ2n) is 6.02.